The maximum Gasteiger partial charge on any atom is 0.106 e. The highest BCUT2D eigenvalue weighted by atomic mass is 16.5. The zero-order valence-electron chi connectivity index (χ0n) is 9.84. The maximum atomic E-state index is 5.21. The smallest absolute Gasteiger partial charge is 0.106 e. The van der Waals surface area contributed by atoms with E-state index in [0.29, 0.717) is 6.61 Å². The number of allylic oxidation sites excluding steroid dienone is 4. The molecule has 14 heavy (non-hydrogen) atoms. The molecule has 1 nitrogen and oxygen atoms in total. The van der Waals surface area contributed by atoms with Gasteiger partial charge in [0.2, 0.25) is 0 Å². The van der Waals surface area contributed by atoms with Crippen molar-refractivity contribution < 1.29 is 4.74 Å². The Morgan fingerprint density at radius 1 is 1.14 bits per heavy atom. The van der Waals surface area contributed by atoms with Crippen LogP contribution in [0.3, 0.4) is 0 Å². The molecule has 0 aromatic carbocycles. The molecule has 0 aliphatic heterocycles. The van der Waals surface area contributed by atoms with Crippen LogP contribution in [0.4, 0.5) is 0 Å². The first-order chi connectivity index (χ1) is 6.66. The van der Waals surface area contributed by atoms with Crippen molar-refractivity contribution in [3.63, 3.8) is 0 Å². The van der Waals surface area contributed by atoms with Gasteiger partial charge in [-0.2, -0.15) is 0 Å². The van der Waals surface area contributed by atoms with Gasteiger partial charge in [0.05, 0.1) is 6.26 Å². The summed E-state index contributed by atoms with van der Waals surface area (Å²) in [5.74, 6) is 0. The molecule has 0 aromatic rings. The highest BCUT2D eigenvalue weighted by Crippen LogP contribution is 2.06. The van der Waals surface area contributed by atoms with Crippen molar-refractivity contribution in [1.82, 2.24) is 0 Å². The summed E-state index contributed by atoms with van der Waals surface area (Å²) >= 11 is 0. The molecule has 0 saturated heterocycles. The van der Waals surface area contributed by atoms with E-state index in [-0.39, 0.29) is 0 Å². The van der Waals surface area contributed by atoms with Gasteiger partial charge in [0.1, 0.15) is 6.61 Å². The van der Waals surface area contributed by atoms with Crippen molar-refractivity contribution >= 4 is 0 Å². The fraction of sp³-hybridized carbons (Fsp3) is 0.538. The second kappa shape index (κ2) is 8.61. The fourth-order valence-electron chi connectivity index (χ4n) is 1.03. The Kier molecular flexibility index (Phi) is 8.01. The summed E-state index contributed by atoms with van der Waals surface area (Å²) in [6, 6.07) is 0. The average molecular weight is 194 g/mol. The zero-order valence-corrected chi connectivity index (χ0v) is 9.84. The quantitative estimate of drug-likeness (QED) is 0.349. The summed E-state index contributed by atoms with van der Waals surface area (Å²) in [5.41, 5.74) is 2.79. The standard InChI is InChI=1S/C13H22O/c1-5-10-14-11-9-13(4)8-6-7-12(2)3/h5,7,9-10H,6,8,11H2,1-4H3/b10-5+,13-9+. The summed E-state index contributed by atoms with van der Waals surface area (Å²) in [5, 5.41) is 0. The second-order valence-electron chi connectivity index (χ2n) is 3.67. The van der Waals surface area contributed by atoms with Gasteiger partial charge in [-0.3, -0.25) is 0 Å². The largest absolute Gasteiger partial charge is 0.497 e. The molecule has 0 heterocycles. The Morgan fingerprint density at radius 2 is 1.86 bits per heavy atom. The molecule has 0 aliphatic carbocycles. The van der Waals surface area contributed by atoms with E-state index < -0.39 is 0 Å². The van der Waals surface area contributed by atoms with Crippen molar-refractivity contribution in [2.75, 3.05) is 6.61 Å². The van der Waals surface area contributed by atoms with E-state index in [1.807, 2.05) is 13.0 Å². The first-order valence-electron chi connectivity index (χ1n) is 5.18. The van der Waals surface area contributed by atoms with E-state index in [4.69, 9.17) is 4.74 Å². The molecule has 0 N–H and O–H groups in total. The minimum Gasteiger partial charge on any atom is -0.497 e. The summed E-state index contributed by atoms with van der Waals surface area (Å²) in [7, 11) is 0. The SMILES string of the molecule is C/C=C/OC/C=C(\C)CCC=C(C)C. The van der Waals surface area contributed by atoms with Gasteiger partial charge >= 0.3 is 0 Å². The summed E-state index contributed by atoms with van der Waals surface area (Å²) < 4.78 is 5.21. The predicted molar refractivity (Wildman–Crippen MR) is 63.2 cm³/mol. The average Bonchev–Trinajstić information content (AvgIpc) is 2.12. The highest BCUT2D eigenvalue weighted by molar-refractivity contribution is 5.02. The number of hydrogen-bond donors (Lipinski definition) is 0. The van der Waals surface area contributed by atoms with Crippen LogP contribution < -0.4 is 0 Å². The highest BCUT2D eigenvalue weighted by Gasteiger charge is 1.88. The zero-order chi connectivity index (χ0) is 10.8. The molecule has 0 aromatic heterocycles. The van der Waals surface area contributed by atoms with Gasteiger partial charge < -0.3 is 4.74 Å². The minimum atomic E-state index is 0.686. The van der Waals surface area contributed by atoms with Crippen molar-refractivity contribution in [2.45, 2.75) is 40.5 Å². The number of ether oxygens (including phenoxy) is 1. The second-order valence-corrected chi connectivity index (χ2v) is 3.67. The molecule has 80 valence electrons. The van der Waals surface area contributed by atoms with Crippen LogP contribution in [0.2, 0.25) is 0 Å². The fourth-order valence-corrected chi connectivity index (χ4v) is 1.03. The van der Waals surface area contributed by atoms with E-state index in [1.165, 1.54) is 11.1 Å². The van der Waals surface area contributed by atoms with E-state index in [9.17, 15) is 0 Å². The maximum absolute atomic E-state index is 5.21. The molecule has 0 amide bonds. The van der Waals surface area contributed by atoms with Crippen LogP contribution in [0.25, 0.3) is 0 Å². The predicted octanol–water partition coefficient (Wildman–Crippen LogP) is 4.23. The Bertz CT molecular complexity index is 217. The lowest BCUT2D eigenvalue weighted by Crippen LogP contribution is -1.84. The van der Waals surface area contributed by atoms with Gasteiger partial charge in [0, 0.05) is 0 Å². The Labute approximate surface area is 88.2 Å². The first-order valence-corrected chi connectivity index (χ1v) is 5.18. The molecule has 0 radical (unpaired) electrons. The van der Waals surface area contributed by atoms with Crippen molar-refractivity contribution in [1.29, 1.82) is 0 Å². The van der Waals surface area contributed by atoms with Crippen LogP contribution in [-0.2, 0) is 4.74 Å². The van der Waals surface area contributed by atoms with Crippen molar-refractivity contribution in [2.24, 2.45) is 0 Å². The Hall–Kier alpha value is -0.980. The van der Waals surface area contributed by atoms with Gasteiger partial charge in [-0.15, -0.1) is 0 Å². The van der Waals surface area contributed by atoms with Crippen LogP contribution in [-0.4, -0.2) is 6.61 Å². The van der Waals surface area contributed by atoms with Gasteiger partial charge in [0.15, 0.2) is 0 Å². The van der Waals surface area contributed by atoms with Crippen LogP contribution >= 0.6 is 0 Å². The molecule has 0 spiro atoms. The van der Waals surface area contributed by atoms with Crippen molar-refractivity contribution in [3.05, 3.63) is 35.6 Å². The minimum absolute atomic E-state index is 0.686. The lowest BCUT2D eigenvalue weighted by atomic mass is 10.1. The first kappa shape index (κ1) is 13.0. The molecular weight excluding hydrogens is 172 g/mol. The third-order valence-corrected chi connectivity index (χ3v) is 1.85. The third-order valence-electron chi connectivity index (χ3n) is 1.85. The number of hydrogen-bond acceptors (Lipinski definition) is 1. The molecule has 0 unspecified atom stereocenters. The monoisotopic (exact) mass is 194 g/mol. The molecule has 0 bridgehead atoms. The normalized spacial score (nSPS) is 11.9. The lowest BCUT2D eigenvalue weighted by molar-refractivity contribution is 0.288. The summed E-state index contributed by atoms with van der Waals surface area (Å²) in [6.45, 7) is 9.05. The van der Waals surface area contributed by atoms with Crippen LogP contribution in [0.1, 0.15) is 40.5 Å². The topological polar surface area (TPSA) is 9.23 Å². The molecule has 0 fully saturated rings. The van der Waals surface area contributed by atoms with Crippen LogP contribution in [0, 0.1) is 0 Å². The van der Waals surface area contributed by atoms with E-state index in [2.05, 4.69) is 32.9 Å². The molecule has 0 saturated carbocycles. The van der Waals surface area contributed by atoms with E-state index >= 15 is 0 Å². The summed E-state index contributed by atoms with van der Waals surface area (Å²) in [4.78, 5) is 0. The summed E-state index contributed by atoms with van der Waals surface area (Å²) in [6.07, 6.45) is 10.3. The van der Waals surface area contributed by atoms with Crippen molar-refractivity contribution in [3.8, 4) is 0 Å². The Morgan fingerprint density at radius 3 is 2.43 bits per heavy atom. The molecule has 0 aliphatic rings. The molecule has 1 heteroatoms. The third kappa shape index (κ3) is 9.11. The van der Waals surface area contributed by atoms with Crippen LogP contribution in [0.5, 0.6) is 0 Å². The molecule has 0 rings (SSSR count). The Balaban J connectivity index is 3.62. The van der Waals surface area contributed by atoms with E-state index in [1.54, 1.807) is 6.26 Å². The number of rotatable bonds is 6. The van der Waals surface area contributed by atoms with Crippen LogP contribution in [0.15, 0.2) is 35.6 Å². The van der Waals surface area contributed by atoms with E-state index in [0.717, 1.165) is 12.8 Å². The van der Waals surface area contributed by atoms with Gasteiger partial charge in [-0.25, -0.2) is 0 Å². The molecule has 0 atom stereocenters. The van der Waals surface area contributed by atoms with Gasteiger partial charge in [-0.05, 0) is 46.6 Å². The van der Waals surface area contributed by atoms with Gasteiger partial charge in [-0.1, -0.05) is 23.3 Å². The van der Waals surface area contributed by atoms with Gasteiger partial charge in [0.25, 0.3) is 0 Å². The lowest BCUT2D eigenvalue weighted by Gasteiger charge is -1.99. The molecular formula is C13H22O.